The van der Waals surface area contributed by atoms with Crippen LogP contribution in [0.5, 0.6) is 0 Å². The summed E-state index contributed by atoms with van der Waals surface area (Å²) in [6.07, 6.45) is 1.21. The lowest BCUT2D eigenvalue weighted by Gasteiger charge is -2.36. The van der Waals surface area contributed by atoms with Crippen molar-refractivity contribution in [1.29, 1.82) is 0 Å². The second-order valence-corrected chi connectivity index (χ2v) is 7.57. The fourth-order valence-corrected chi connectivity index (χ4v) is 3.48. The van der Waals surface area contributed by atoms with Crippen LogP contribution in [0, 0.1) is 0 Å². The largest absolute Gasteiger partial charge is 0.479 e. The molecule has 0 aliphatic carbocycles. The molecule has 148 valence electrons. The number of morpholine rings is 1. The molecule has 8 heteroatoms. The number of benzene rings is 1. The average Bonchev–Trinajstić information content (AvgIpc) is 2.64. The van der Waals surface area contributed by atoms with Gasteiger partial charge in [0.15, 0.2) is 6.10 Å². The van der Waals surface area contributed by atoms with Crippen LogP contribution in [0.25, 0.3) is 0 Å². The van der Waals surface area contributed by atoms with Crippen LogP contribution < -0.4 is 5.32 Å². The molecule has 1 fully saturated rings. The average molecular weight is 394 g/mol. The Kier molecular flexibility index (Phi) is 8.12. The van der Waals surface area contributed by atoms with Gasteiger partial charge in [0.25, 0.3) is 0 Å². The number of thioether (sulfide) groups is 1. The molecule has 1 heterocycles. The van der Waals surface area contributed by atoms with Crippen molar-refractivity contribution < 1.29 is 24.2 Å². The third-order valence-corrected chi connectivity index (χ3v) is 4.94. The van der Waals surface area contributed by atoms with Crippen LogP contribution in [0.15, 0.2) is 30.3 Å². The fourth-order valence-electron chi connectivity index (χ4n) is 3.01. The molecule has 2 rings (SSSR count). The van der Waals surface area contributed by atoms with Gasteiger partial charge in [-0.2, -0.15) is 11.8 Å². The number of carbonyl (C=O) groups excluding carboxylic acids is 2. The van der Waals surface area contributed by atoms with E-state index in [2.05, 4.69) is 5.32 Å². The summed E-state index contributed by atoms with van der Waals surface area (Å²) in [5, 5.41) is 12.0. The Balaban J connectivity index is 2.03. The van der Waals surface area contributed by atoms with Crippen LogP contribution in [-0.2, 0) is 25.5 Å². The summed E-state index contributed by atoms with van der Waals surface area (Å²) in [6, 6.07) is 8.65. The van der Waals surface area contributed by atoms with Crippen LogP contribution >= 0.6 is 11.8 Å². The highest BCUT2D eigenvalue weighted by atomic mass is 32.2. The highest BCUT2D eigenvalue weighted by Gasteiger charge is 2.35. The van der Waals surface area contributed by atoms with Crippen molar-refractivity contribution in [2.75, 3.05) is 25.1 Å². The predicted octanol–water partition coefficient (Wildman–Crippen LogP) is 1.17. The van der Waals surface area contributed by atoms with Gasteiger partial charge < -0.3 is 20.1 Å². The first-order valence-corrected chi connectivity index (χ1v) is 10.3. The molecule has 1 aliphatic heterocycles. The van der Waals surface area contributed by atoms with Gasteiger partial charge in [0.1, 0.15) is 6.04 Å². The smallest absolute Gasteiger partial charge is 0.334 e. The monoisotopic (exact) mass is 394 g/mol. The van der Waals surface area contributed by atoms with Crippen molar-refractivity contribution in [3.8, 4) is 0 Å². The molecular weight excluding hydrogens is 368 g/mol. The lowest BCUT2D eigenvalue weighted by atomic mass is 10.1. The number of nitrogens with zero attached hydrogens (tertiary/aromatic N) is 1. The quantitative estimate of drug-likeness (QED) is 0.687. The van der Waals surface area contributed by atoms with Gasteiger partial charge in [0.2, 0.25) is 11.8 Å². The van der Waals surface area contributed by atoms with Crippen molar-refractivity contribution in [3.63, 3.8) is 0 Å². The molecule has 0 aromatic heterocycles. The summed E-state index contributed by atoms with van der Waals surface area (Å²) >= 11 is 1.59. The molecule has 7 nitrogen and oxygen atoms in total. The molecule has 0 bridgehead atoms. The van der Waals surface area contributed by atoms with Crippen LogP contribution in [-0.4, -0.2) is 71.1 Å². The van der Waals surface area contributed by atoms with Gasteiger partial charge in [-0.15, -0.1) is 0 Å². The number of amides is 2. The lowest BCUT2D eigenvalue weighted by Crippen LogP contribution is -2.57. The van der Waals surface area contributed by atoms with Gasteiger partial charge in [-0.1, -0.05) is 30.3 Å². The van der Waals surface area contributed by atoms with Crippen LogP contribution in [0.3, 0.4) is 0 Å². The molecule has 1 aromatic rings. The molecule has 27 heavy (non-hydrogen) atoms. The highest BCUT2D eigenvalue weighted by molar-refractivity contribution is 7.98. The first-order chi connectivity index (χ1) is 12.9. The van der Waals surface area contributed by atoms with E-state index in [9.17, 15) is 19.5 Å². The van der Waals surface area contributed by atoms with E-state index in [0.717, 1.165) is 5.56 Å². The molecule has 3 atom stereocenters. The Bertz CT molecular complexity index is 655. The molecule has 2 N–H and O–H groups in total. The van der Waals surface area contributed by atoms with E-state index >= 15 is 0 Å². The van der Waals surface area contributed by atoms with Gasteiger partial charge in [-0.3, -0.25) is 9.59 Å². The second kappa shape index (κ2) is 10.3. The van der Waals surface area contributed by atoms with E-state index in [0.29, 0.717) is 18.7 Å². The molecule has 2 unspecified atom stereocenters. The highest BCUT2D eigenvalue weighted by Crippen LogP contribution is 2.14. The number of carboxylic acids is 1. The van der Waals surface area contributed by atoms with Gasteiger partial charge in [0, 0.05) is 6.54 Å². The van der Waals surface area contributed by atoms with Crippen molar-refractivity contribution in [2.45, 2.75) is 38.0 Å². The maximum atomic E-state index is 13.0. The van der Waals surface area contributed by atoms with E-state index in [-0.39, 0.29) is 30.9 Å². The number of carboxylic acid groups (broad SMARTS) is 1. The maximum absolute atomic E-state index is 13.0. The normalized spacial score (nSPS) is 20.7. The Labute approximate surface area is 163 Å². The standard InChI is InChI=1S/C19H26N2O5S/c1-13-11-21(12-16(26-13)19(24)25)18(23)15(8-9-27-2)20-17(22)10-14-6-4-3-5-7-14/h3-7,13,15-16H,8-12H2,1-2H3,(H,20,22)(H,24,25)/t13-,15?,16?/m1/s1. The Hall–Kier alpha value is -2.06. The summed E-state index contributed by atoms with van der Waals surface area (Å²) in [5.41, 5.74) is 0.872. The Morgan fingerprint density at radius 3 is 2.63 bits per heavy atom. The molecule has 0 radical (unpaired) electrons. The van der Waals surface area contributed by atoms with Gasteiger partial charge >= 0.3 is 5.97 Å². The number of rotatable bonds is 8. The van der Waals surface area contributed by atoms with E-state index in [1.165, 1.54) is 4.90 Å². The zero-order chi connectivity index (χ0) is 19.8. The third-order valence-electron chi connectivity index (χ3n) is 4.30. The van der Waals surface area contributed by atoms with Crippen LogP contribution in [0.1, 0.15) is 18.9 Å². The topological polar surface area (TPSA) is 95.9 Å². The number of aliphatic carboxylic acids is 1. The second-order valence-electron chi connectivity index (χ2n) is 6.58. The molecule has 0 saturated carbocycles. The summed E-state index contributed by atoms with van der Waals surface area (Å²) in [5.74, 6) is -0.860. The summed E-state index contributed by atoms with van der Waals surface area (Å²) in [7, 11) is 0. The van der Waals surface area contributed by atoms with Gasteiger partial charge in [-0.25, -0.2) is 4.79 Å². The van der Waals surface area contributed by atoms with E-state index in [1.807, 2.05) is 36.6 Å². The number of hydrogen-bond donors (Lipinski definition) is 2. The van der Waals surface area contributed by atoms with Crippen LogP contribution in [0.2, 0.25) is 0 Å². The number of carbonyl (C=O) groups is 3. The molecule has 1 saturated heterocycles. The Morgan fingerprint density at radius 1 is 1.30 bits per heavy atom. The first-order valence-electron chi connectivity index (χ1n) is 8.90. The summed E-state index contributed by atoms with van der Waals surface area (Å²) in [4.78, 5) is 38.1. The third kappa shape index (κ3) is 6.55. The number of ether oxygens (including phenoxy) is 1. The zero-order valence-corrected chi connectivity index (χ0v) is 16.4. The minimum absolute atomic E-state index is 0.0111. The summed E-state index contributed by atoms with van der Waals surface area (Å²) < 4.78 is 5.36. The summed E-state index contributed by atoms with van der Waals surface area (Å²) in [6.45, 7) is 2.04. The van der Waals surface area contributed by atoms with Crippen molar-refractivity contribution in [3.05, 3.63) is 35.9 Å². The molecule has 0 spiro atoms. The number of nitrogens with one attached hydrogen (secondary N) is 1. The molecule has 1 aromatic carbocycles. The number of hydrogen-bond acceptors (Lipinski definition) is 5. The van der Waals surface area contributed by atoms with Crippen molar-refractivity contribution in [2.24, 2.45) is 0 Å². The zero-order valence-electron chi connectivity index (χ0n) is 15.6. The van der Waals surface area contributed by atoms with Crippen LogP contribution in [0.4, 0.5) is 0 Å². The SMILES string of the molecule is CSCCC(NC(=O)Cc1ccccc1)C(=O)N1CC(C(=O)O)O[C@H](C)C1. The van der Waals surface area contributed by atoms with E-state index in [4.69, 9.17) is 4.74 Å². The molecule has 1 aliphatic rings. The fraction of sp³-hybridized carbons (Fsp3) is 0.526. The molecular formula is C19H26N2O5S. The van der Waals surface area contributed by atoms with E-state index < -0.39 is 18.1 Å². The van der Waals surface area contributed by atoms with Gasteiger partial charge in [0.05, 0.1) is 19.1 Å². The minimum atomic E-state index is -1.09. The minimum Gasteiger partial charge on any atom is -0.479 e. The first kappa shape index (κ1) is 21.2. The van der Waals surface area contributed by atoms with Crippen molar-refractivity contribution in [1.82, 2.24) is 10.2 Å². The Morgan fingerprint density at radius 2 is 2.00 bits per heavy atom. The maximum Gasteiger partial charge on any atom is 0.334 e. The molecule has 2 amide bonds. The predicted molar refractivity (Wildman–Crippen MR) is 104 cm³/mol. The lowest BCUT2D eigenvalue weighted by molar-refractivity contribution is -0.167. The van der Waals surface area contributed by atoms with Gasteiger partial charge in [-0.05, 0) is 30.9 Å². The van der Waals surface area contributed by atoms with Crippen molar-refractivity contribution >= 4 is 29.5 Å². The van der Waals surface area contributed by atoms with E-state index in [1.54, 1.807) is 18.7 Å².